The predicted molar refractivity (Wildman–Crippen MR) is 150 cm³/mol. The monoisotopic (exact) mass is 535 g/mol. The molecule has 0 unspecified atom stereocenters. The van der Waals surface area contributed by atoms with Crippen molar-refractivity contribution in [3.05, 3.63) is 75.5 Å². The number of esters is 1. The molecule has 9 heteroatoms. The summed E-state index contributed by atoms with van der Waals surface area (Å²) in [7, 11) is 0. The molecule has 38 heavy (non-hydrogen) atoms. The molecule has 0 aliphatic carbocycles. The Labute approximate surface area is 227 Å². The number of nitrogens with one attached hydrogen (secondary N) is 1. The van der Waals surface area contributed by atoms with Crippen LogP contribution in [-0.4, -0.2) is 41.8 Å². The molecule has 1 atom stereocenters. The number of hydrogen-bond donors (Lipinski definition) is 1. The molecule has 2 heterocycles. The highest BCUT2D eigenvalue weighted by Crippen LogP contribution is 2.43. The van der Waals surface area contributed by atoms with E-state index in [1.165, 1.54) is 11.8 Å². The van der Waals surface area contributed by atoms with Crippen molar-refractivity contribution in [1.29, 1.82) is 0 Å². The number of benzene rings is 2. The van der Waals surface area contributed by atoms with Gasteiger partial charge in [-0.05, 0) is 75.8 Å². The maximum Gasteiger partial charge on any atom is 0.338 e. The average molecular weight is 536 g/mol. The first-order valence-electron chi connectivity index (χ1n) is 12.6. The highest BCUT2D eigenvalue weighted by Gasteiger charge is 2.37. The molecule has 1 N–H and O–H groups in total. The van der Waals surface area contributed by atoms with Gasteiger partial charge in [0.05, 0.1) is 30.5 Å². The van der Waals surface area contributed by atoms with Crippen molar-refractivity contribution >= 4 is 34.5 Å². The summed E-state index contributed by atoms with van der Waals surface area (Å²) < 4.78 is 17.2. The fraction of sp³-hybridized carbons (Fsp3) is 0.345. The molecule has 2 aliphatic heterocycles. The number of amides is 1. The topological polar surface area (TPSA) is 89.5 Å². The first kappa shape index (κ1) is 27.3. The van der Waals surface area contributed by atoms with E-state index in [0.717, 1.165) is 33.1 Å². The number of carbonyl (C=O) groups is 2. The largest absolute Gasteiger partial charge is 0.490 e. The van der Waals surface area contributed by atoms with E-state index in [1.807, 2.05) is 75.4 Å². The first-order valence-corrected chi connectivity index (χ1v) is 13.5. The van der Waals surface area contributed by atoms with Gasteiger partial charge in [-0.15, -0.1) is 0 Å². The minimum Gasteiger partial charge on any atom is -0.490 e. The summed E-state index contributed by atoms with van der Waals surface area (Å²) in [5.74, 6) is 0.264. The van der Waals surface area contributed by atoms with Gasteiger partial charge in [0.2, 0.25) is 0 Å². The highest BCUT2D eigenvalue weighted by atomic mass is 32.2. The Morgan fingerprint density at radius 3 is 2.42 bits per heavy atom. The SMILES string of the molecule is CCOC(=O)C1=C(C)N=C2SC=CN2[C@@H]1c1ccc(OCC(=O)Nc2c(C)cc(C)cc2C)c(OCC)c1. The van der Waals surface area contributed by atoms with Crippen LogP contribution < -0.4 is 14.8 Å². The number of hydrogen-bond acceptors (Lipinski definition) is 8. The van der Waals surface area contributed by atoms with E-state index in [4.69, 9.17) is 14.2 Å². The van der Waals surface area contributed by atoms with Crippen molar-refractivity contribution in [2.75, 3.05) is 25.1 Å². The van der Waals surface area contributed by atoms with Crippen LogP contribution in [0.15, 0.2) is 58.2 Å². The Morgan fingerprint density at radius 2 is 1.74 bits per heavy atom. The molecule has 2 aliphatic rings. The quantitative estimate of drug-likeness (QED) is 0.406. The number of allylic oxidation sites excluding steroid dienone is 1. The van der Waals surface area contributed by atoms with Crippen LogP contribution in [0, 0.1) is 20.8 Å². The van der Waals surface area contributed by atoms with Gasteiger partial charge in [0.15, 0.2) is 23.3 Å². The van der Waals surface area contributed by atoms with E-state index in [2.05, 4.69) is 10.3 Å². The van der Waals surface area contributed by atoms with Crippen molar-refractivity contribution < 1.29 is 23.8 Å². The zero-order chi connectivity index (χ0) is 27.4. The Bertz CT molecular complexity index is 1320. The average Bonchev–Trinajstić information content (AvgIpc) is 3.33. The smallest absolute Gasteiger partial charge is 0.338 e. The van der Waals surface area contributed by atoms with E-state index in [1.54, 1.807) is 13.0 Å². The summed E-state index contributed by atoms with van der Waals surface area (Å²) in [5.41, 5.74) is 5.85. The highest BCUT2D eigenvalue weighted by molar-refractivity contribution is 8.16. The van der Waals surface area contributed by atoms with Crippen LogP contribution in [-0.2, 0) is 14.3 Å². The van der Waals surface area contributed by atoms with Crippen LogP contribution in [0.4, 0.5) is 5.69 Å². The summed E-state index contributed by atoms with van der Waals surface area (Å²) in [6.45, 7) is 11.9. The predicted octanol–water partition coefficient (Wildman–Crippen LogP) is 5.80. The van der Waals surface area contributed by atoms with Gasteiger partial charge in [-0.2, -0.15) is 0 Å². The fourth-order valence-corrected chi connectivity index (χ4v) is 5.47. The van der Waals surface area contributed by atoms with Crippen LogP contribution in [0.1, 0.15) is 49.1 Å². The van der Waals surface area contributed by atoms with E-state index < -0.39 is 12.0 Å². The van der Waals surface area contributed by atoms with Crippen LogP contribution in [0.3, 0.4) is 0 Å². The third-order valence-electron chi connectivity index (χ3n) is 6.20. The Hall–Kier alpha value is -3.72. The lowest BCUT2D eigenvalue weighted by Gasteiger charge is -2.33. The molecule has 0 aromatic heterocycles. The molecule has 1 amide bonds. The summed E-state index contributed by atoms with van der Waals surface area (Å²) in [5, 5.41) is 5.68. The lowest BCUT2D eigenvalue weighted by Crippen LogP contribution is -2.34. The molecule has 0 spiro atoms. The van der Waals surface area contributed by atoms with Crippen molar-refractivity contribution in [3.8, 4) is 11.5 Å². The summed E-state index contributed by atoms with van der Waals surface area (Å²) in [6.07, 6.45) is 1.91. The maximum absolute atomic E-state index is 12.9. The van der Waals surface area contributed by atoms with Gasteiger partial charge in [-0.25, -0.2) is 9.79 Å². The van der Waals surface area contributed by atoms with Crippen LogP contribution in [0.2, 0.25) is 0 Å². The van der Waals surface area contributed by atoms with Crippen molar-refractivity contribution in [3.63, 3.8) is 0 Å². The van der Waals surface area contributed by atoms with E-state index in [0.29, 0.717) is 29.4 Å². The molecule has 0 bridgehead atoms. The maximum atomic E-state index is 12.9. The number of ether oxygens (including phenoxy) is 3. The van der Waals surface area contributed by atoms with E-state index >= 15 is 0 Å². The number of thioether (sulfide) groups is 1. The summed E-state index contributed by atoms with van der Waals surface area (Å²) in [4.78, 5) is 32.2. The standard InChI is InChI=1S/C29H33N3O5S/c1-7-35-23-15-21(27-25(28(34)36-8-2)20(6)30-29-32(27)11-12-38-29)9-10-22(23)37-16-24(33)31-26-18(4)13-17(3)14-19(26)5/h9-15,27H,7-8,16H2,1-6H3,(H,31,33)/t27-/m1/s1. The van der Waals surface area contributed by atoms with Crippen LogP contribution >= 0.6 is 11.8 Å². The number of rotatable bonds is 9. The molecule has 4 rings (SSSR count). The number of fused-ring (bicyclic) bond motifs is 1. The number of aryl methyl sites for hydroxylation is 3. The van der Waals surface area contributed by atoms with E-state index in [9.17, 15) is 9.59 Å². The molecule has 2 aromatic carbocycles. The second-order valence-corrected chi connectivity index (χ2v) is 9.95. The second kappa shape index (κ2) is 11.8. The Kier molecular flexibility index (Phi) is 8.46. The van der Waals surface area contributed by atoms with Crippen molar-refractivity contribution in [2.45, 2.75) is 47.6 Å². The van der Waals surface area contributed by atoms with Gasteiger partial charge in [0.1, 0.15) is 0 Å². The Morgan fingerprint density at radius 1 is 1.00 bits per heavy atom. The third-order valence-corrected chi connectivity index (χ3v) is 6.97. The lowest BCUT2D eigenvalue weighted by molar-refractivity contribution is -0.139. The normalized spacial score (nSPS) is 16.2. The molecule has 8 nitrogen and oxygen atoms in total. The molecular formula is C29H33N3O5S. The number of nitrogens with zero attached hydrogens (tertiary/aromatic N) is 2. The first-order chi connectivity index (χ1) is 18.2. The van der Waals surface area contributed by atoms with Gasteiger partial charge in [0, 0.05) is 11.9 Å². The molecule has 0 saturated carbocycles. The minimum atomic E-state index is -0.433. The van der Waals surface area contributed by atoms with Gasteiger partial charge in [-0.3, -0.25) is 4.79 Å². The molecular weight excluding hydrogens is 502 g/mol. The lowest BCUT2D eigenvalue weighted by atomic mass is 9.94. The molecule has 0 saturated heterocycles. The van der Waals surface area contributed by atoms with Crippen molar-refractivity contribution in [1.82, 2.24) is 4.90 Å². The van der Waals surface area contributed by atoms with Crippen LogP contribution in [0.5, 0.6) is 11.5 Å². The zero-order valence-electron chi connectivity index (χ0n) is 22.6. The minimum absolute atomic E-state index is 0.176. The van der Waals surface area contributed by atoms with Crippen LogP contribution in [0.25, 0.3) is 0 Å². The number of anilines is 1. The Balaban J connectivity index is 1.58. The number of aliphatic imine (C=N–C) groups is 1. The molecule has 2 aromatic rings. The molecule has 0 radical (unpaired) electrons. The second-order valence-electron chi connectivity index (χ2n) is 9.08. The summed E-state index contributed by atoms with van der Waals surface area (Å²) in [6, 6.07) is 9.13. The number of carbonyl (C=O) groups excluding carboxylic acids is 2. The molecule has 200 valence electrons. The molecule has 0 fully saturated rings. The van der Waals surface area contributed by atoms with E-state index in [-0.39, 0.29) is 19.1 Å². The zero-order valence-corrected chi connectivity index (χ0v) is 23.4. The van der Waals surface area contributed by atoms with Gasteiger partial charge >= 0.3 is 5.97 Å². The van der Waals surface area contributed by atoms with Gasteiger partial charge in [0.25, 0.3) is 5.91 Å². The van der Waals surface area contributed by atoms with Gasteiger partial charge < -0.3 is 24.4 Å². The fourth-order valence-electron chi connectivity index (χ4n) is 4.68. The summed E-state index contributed by atoms with van der Waals surface area (Å²) >= 11 is 1.50. The van der Waals surface area contributed by atoms with Gasteiger partial charge in [-0.1, -0.05) is 35.5 Å². The number of amidine groups is 1. The van der Waals surface area contributed by atoms with Crippen molar-refractivity contribution in [2.24, 2.45) is 4.99 Å². The third kappa shape index (κ3) is 5.72.